The predicted octanol–water partition coefficient (Wildman–Crippen LogP) is 7.17. The summed E-state index contributed by atoms with van der Waals surface area (Å²) in [6.45, 7) is 13.1. The van der Waals surface area contributed by atoms with Gasteiger partial charge in [-0.3, -0.25) is 19.4 Å². The highest BCUT2D eigenvalue weighted by atomic mass is 35.5. The van der Waals surface area contributed by atoms with E-state index in [2.05, 4.69) is 68.9 Å². The van der Waals surface area contributed by atoms with Gasteiger partial charge < -0.3 is 15.0 Å². The lowest BCUT2D eigenvalue weighted by Gasteiger charge is -2.46. The van der Waals surface area contributed by atoms with E-state index in [1.165, 1.54) is 12.7 Å². The maximum atomic E-state index is 13.9. The smallest absolute Gasteiger partial charge is 0.310 e. The van der Waals surface area contributed by atoms with Gasteiger partial charge in [-0.1, -0.05) is 80.7 Å². The first-order chi connectivity index (χ1) is 19.7. The molecule has 1 aliphatic carbocycles. The number of hydrogen-bond donors (Lipinski definition) is 1. The van der Waals surface area contributed by atoms with Crippen LogP contribution < -0.4 is 5.32 Å². The minimum atomic E-state index is -0.521. The van der Waals surface area contributed by atoms with Gasteiger partial charge in [0.15, 0.2) is 0 Å². The number of esters is 1. The molecule has 2 aromatic rings. The molecule has 228 valence electrons. The van der Waals surface area contributed by atoms with Crippen molar-refractivity contribution in [1.82, 2.24) is 10.2 Å². The van der Waals surface area contributed by atoms with Crippen molar-refractivity contribution in [2.24, 2.45) is 22.2 Å². The van der Waals surface area contributed by atoms with Crippen LogP contribution in [0.5, 0.6) is 0 Å². The van der Waals surface area contributed by atoms with E-state index < -0.39 is 5.66 Å². The van der Waals surface area contributed by atoms with E-state index in [1.807, 2.05) is 4.90 Å². The molecule has 4 rings (SSSR count). The van der Waals surface area contributed by atoms with Gasteiger partial charge in [0.05, 0.1) is 19.1 Å². The molecule has 1 fully saturated rings. The van der Waals surface area contributed by atoms with E-state index in [4.69, 9.17) is 28.2 Å². The van der Waals surface area contributed by atoms with E-state index >= 15 is 0 Å². The van der Waals surface area contributed by atoms with Gasteiger partial charge in [-0.15, -0.1) is 0 Å². The van der Waals surface area contributed by atoms with Crippen LogP contribution >= 0.6 is 23.2 Å². The zero-order chi connectivity index (χ0) is 31.2. The highest BCUT2D eigenvalue weighted by Crippen LogP contribution is 2.49. The minimum Gasteiger partial charge on any atom is -0.469 e. The van der Waals surface area contributed by atoms with Crippen molar-refractivity contribution in [3.8, 4) is 0 Å². The number of nitrogens with one attached hydrogen (secondary N) is 1. The molecular weight excluding hydrogens is 573 g/mol. The Morgan fingerprint density at radius 3 is 2.19 bits per heavy atom. The fourth-order valence-corrected chi connectivity index (χ4v) is 6.36. The maximum Gasteiger partial charge on any atom is 0.310 e. The van der Waals surface area contributed by atoms with Crippen LogP contribution in [0.2, 0.25) is 10.0 Å². The number of halogens is 2. The molecule has 0 radical (unpaired) electrons. The summed E-state index contributed by atoms with van der Waals surface area (Å²) in [4.78, 5) is 41.4. The molecule has 2 atom stereocenters. The van der Waals surface area contributed by atoms with Crippen molar-refractivity contribution in [2.75, 3.05) is 13.7 Å². The Balaban J connectivity index is 0.000000416. The third kappa shape index (κ3) is 7.93. The van der Waals surface area contributed by atoms with Crippen molar-refractivity contribution >= 4 is 47.2 Å². The SMILES string of the molecule is COC(=O)C(C)CNC=O.Cc1ccc(C(C)N2C(=O)C(c3cc(Cl)cc(Cl)c3)=NC23CCC(C(C)(C)C)CC3)cc1. The molecule has 0 aromatic heterocycles. The standard InChI is InChI=1S/C27H32Cl2N2O.C6H11NO3/c1-17-6-8-19(9-7-17)18(2)31-25(32)24(20-14-22(28)16-23(29)15-20)30-27(31)12-10-21(11-13-27)26(3,4)5;1-5(3-7-4-8)6(9)10-2/h6-9,14-16,18,21H,10-13H2,1-5H3;4-5H,3H2,1-2H3,(H,7,8). The summed E-state index contributed by atoms with van der Waals surface area (Å²) in [7, 11) is 1.32. The van der Waals surface area contributed by atoms with Gasteiger partial charge in [0.1, 0.15) is 11.4 Å². The number of rotatable bonds is 7. The summed E-state index contributed by atoms with van der Waals surface area (Å²) in [5, 5.41) is 3.41. The van der Waals surface area contributed by atoms with E-state index in [-0.39, 0.29) is 29.3 Å². The molecule has 1 saturated carbocycles. The number of carbonyl (C=O) groups is 3. The molecule has 0 saturated heterocycles. The Hall–Kier alpha value is -2.90. The monoisotopic (exact) mass is 615 g/mol. The highest BCUT2D eigenvalue weighted by molar-refractivity contribution is 6.47. The van der Waals surface area contributed by atoms with Gasteiger partial charge in [0.25, 0.3) is 5.91 Å². The van der Waals surface area contributed by atoms with Crippen LogP contribution in [0, 0.1) is 24.2 Å². The van der Waals surface area contributed by atoms with Crippen LogP contribution in [0.25, 0.3) is 0 Å². The van der Waals surface area contributed by atoms with Gasteiger partial charge in [-0.25, -0.2) is 0 Å². The Kier molecular flexibility index (Phi) is 11.2. The summed E-state index contributed by atoms with van der Waals surface area (Å²) in [6, 6.07) is 13.6. The van der Waals surface area contributed by atoms with Gasteiger partial charge in [0.2, 0.25) is 6.41 Å². The first-order valence-electron chi connectivity index (χ1n) is 14.4. The number of benzene rings is 2. The van der Waals surface area contributed by atoms with E-state index in [0.29, 0.717) is 40.2 Å². The van der Waals surface area contributed by atoms with Crippen molar-refractivity contribution in [3.05, 3.63) is 69.2 Å². The Morgan fingerprint density at radius 2 is 1.69 bits per heavy atom. The summed E-state index contributed by atoms with van der Waals surface area (Å²) in [5.74, 6) is 0.00906. The summed E-state index contributed by atoms with van der Waals surface area (Å²) < 4.78 is 4.41. The third-order valence-corrected chi connectivity index (χ3v) is 8.83. The lowest BCUT2D eigenvalue weighted by molar-refractivity contribution is -0.144. The van der Waals surface area contributed by atoms with Gasteiger partial charge in [0, 0.05) is 22.2 Å². The molecule has 2 amide bonds. The number of aliphatic imine (C=N–C) groups is 1. The number of carbonyl (C=O) groups excluding carboxylic acids is 3. The molecule has 0 bridgehead atoms. The van der Waals surface area contributed by atoms with Crippen LogP contribution in [0.3, 0.4) is 0 Å². The van der Waals surface area contributed by atoms with Crippen LogP contribution in [0.15, 0.2) is 47.5 Å². The van der Waals surface area contributed by atoms with Crippen molar-refractivity contribution in [1.29, 1.82) is 0 Å². The van der Waals surface area contributed by atoms with Crippen molar-refractivity contribution < 1.29 is 19.1 Å². The predicted molar refractivity (Wildman–Crippen MR) is 169 cm³/mol. The van der Waals surface area contributed by atoms with Crippen LogP contribution in [0.4, 0.5) is 0 Å². The summed E-state index contributed by atoms with van der Waals surface area (Å²) >= 11 is 12.5. The lowest BCUT2D eigenvalue weighted by atomic mass is 9.69. The van der Waals surface area contributed by atoms with E-state index in [1.54, 1.807) is 25.1 Å². The number of aryl methyl sites for hydroxylation is 1. The number of methoxy groups -OCH3 is 1. The topological polar surface area (TPSA) is 88.1 Å². The van der Waals surface area contributed by atoms with Gasteiger partial charge in [-0.05, 0) is 74.6 Å². The second kappa shape index (κ2) is 14.0. The zero-order valence-electron chi connectivity index (χ0n) is 25.7. The normalized spacial score (nSPS) is 21.6. The molecule has 2 unspecified atom stereocenters. The molecule has 2 aliphatic rings. The molecular formula is C33H43Cl2N3O4. The number of amides is 2. The highest BCUT2D eigenvalue weighted by Gasteiger charge is 2.52. The fourth-order valence-electron chi connectivity index (χ4n) is 5.83. The average Bonchev–Trinajstić information content (AvgIpc) is 3.21. The minimum absolute atomic E-state index is 0.0365. The largest absolute Gasteiger partial charge is 0.469 e. The quantitative estimate of drug-likeness (QED) is 0.264. The van der Waals surface area contributed by atoms with Crippen LogP contribution in [-0.2, 0) is 19.1 Å². The first kappa shape index (κ1) is 33.6. The molecule has 2 aromatic carbocycles. The molecule has 42 heavy (non-hydrogen) atoms. The Bertz CT molecular complexity index is 1280. The maximum absolute atomic E-state index is 13.9. The molecule has 1 spiro atoms. The van der Waals surface area contributed by atoms with Gasteiger partial charge in [-0.2, -0.15) is 0 Å². The third-order valence-electron chi connectivity index (χ3n) is 8.39. The number of nitrogens with zero attached hydrogens (tertiary/aromatic N) is 2. The molecule has 7 nitrogen and oxygen atoms in total. The summed E-state index contributed by atoms with van der Waals surface area (Å²) in [6.07, 6.45) is 4.41. The second-order valence-electron chi connectivity index (χ2n) is 12.5. The second-order valence-corrected chi connectivity index (χ2v) is 13.3. The Labute approximate surface area is 260 Å². The van der Waals surface area contributed by atoms with E-state index in [0.717, 1.165) is 31.2 Å². The molecule has 1 aliphatic heterocycles. The molecule has 1 N–H and O–H groups in total. The number of ether oxygens (including phenoxy) is 1. The van der Waals surface area contributed by atoms with E-state index in [9.17, 15) is 14.4 Å². The summed E-state index contributed by atoms with van der Waals surface area (Å²) in [5.41, 5.74) is 3.24. The van der Waals surface area contributed by atoms with Crippen LogP contribution in [0.1, 0.15) is 83.0 Å². The average molecular weight is 617 g/mol. The van der Waals surface area contributed by atoms with Crippen molar-refractivity contribution in [3.63, 3.8) is 0 Å². The van der Waals surface area contributed by atoms with Gasteiger partial charge >= 0.3 is 5.97 Å². The zero-order valence-corrected chi connectivity index (χ0v) is 27.2. The lowest BCUT2D eigenvalue weighted by Crippen LogP contribution is -2.50. The number of hydrogen-bond acceptors (Lipinski definition) is 5. The fraction of sp³-hybridized carbons (Fsp3) is 0.515. The van der Waals surface area contributed by atoms with Crippen LogP contribution in [-0.4, -0.2) is 48.2 Å². The molecule has 1 heterocycles. The molecule has 9 heteroatoms. The Morgan fingerprint density at radius 1 is 1.12 bits per heavy atom. The van der Waals surface area contributed by atoms with Crippen molar-refractivity contribution in [2.45, 2.75) is 78.9 Å². The first-order valence-corrected chi connectivity index (χ1v) is 15.2.